The molecule has 2 unspecified atom stereocenters. The SMILES string of the molecule is O=C(O)C1(Nc2ccc(Br)cc2)CCCC(C2CC2)C1. The Bertz CT molecular complexity index is 498. The third kappa shape index (κ3) is 2.85. The lowest BCUT2D eigenvalue weighted by atomic mass is 9.73. The highest BCUT2D eigenvalue weighted by Gasteiger charge is 2.46. The Hall–Kier alpha value is -1.03. The van der Waals surface area contributed by atoms with Gasteiger partial charge in [-0.15, -0.1) is 0 Å². The number of anilines is 1. The van der Waals surface area contributed by atoms with Crippen LogP contribution < -0.4 is 5.32 Å². The fourth-order valence-corrected chi connectivity index (χ4v) is 3.72. The number of carboxylic acid groups (broad SMARTS) is 1. The van der Waals surface area contributed by atoms with Crippen LogP contribution in [0, 0.1) is 11.8 Å². The van der Waals surface area contributed by atoms with E-state index in [1.54, 1.807) is 0 Å². The normalized spacial score (nSPS) is 29.9. The maximum absolute atomic E-state index is 11.9. The number of hydrogen-bond acceptors (Lipinski definition) is 2. The molecule has 108 valence electrons. The van der Waals surface area contributed by atoms with Crippen LogP contribution in [0.2, 0.25) is 0 Å². The van der Waals surface area contributed by atoms with E-state index >= 15 is 0 Å². The summed E-state index contributed by atoms with van der Waals surface area (Å²) >= 11 is 3.41. The van der Waals surface area contributed by atoms with E-state index in [2.05, 4.69) is 21.2 Å². The minimum atomic E-state index is -0.778. The van der Waals surface area contributed by atoms with E-state index in [-0.39, 0.29) is 0 Å². The van der Waals surface area contributed by atoms with E-state index in [0.717, 1.165) is 35.3 Å². The Morgan fingerprint density at radius 2 is 1.90 bits per heavy atom. The molecule has 2 aliphatic rings. The van der Waals surface area contributed by atoms with Crippen LogP contribution in [-0.2, 0) is 4.79 Å². The summed E-state index contributed by atoms with van der Waals surface area (Å²) in [6, 6.07) is 7.77. The maximum Gasteiger partial charge on any atom is 0.329 e. The Kier molecular flexibility index (Phi) is 3.76. The molecule has 20 heavy (non-hydrogen) atoms. The second kappa shape index (κ2) is 5.40. The highest BCUT2D eigenvalue weighted by molar-refractivity contribution is 9.10. The Morgan fingerprint density at radius 3 is 2.50 bits per heavy atom. The number of rotatable bonds is 4. The molecule has 0 heterocycles. The van der Waals surface area contributed by atoms with Gasteiger partial charge in [0.25, 0.3) is 0 Å². The van der Waals surface area contributed by atoms with Crippen molar-refractivity contribution >= 4 is 27.6 Å². The molecule has 1 aromatic rings. The Balaban J connectivity index is 1.79. The molecule has 2 aliphatic carbocycles. The van der Waals surface area contributed by atoms with Crippen molar-refractivity contribution < 1.29 is 9.90 Å². The summed E-state index contributed by atoms with van der Waals surface area (Å²) in [6.07, 6.45) is 6.28. The van der Waals surface area contributed by atoms with E-state index in [0.29, 0.717) is 5.92 Å². The summed E-state index contributed by atoms with van der Waals surface area (Å²) in [5.41, 5.74) is 0.117. The summed E-state index contributed by atoms with van der Waals surface area (Å²) in [6.45, 7) is 0. The monoisotopic (exact) mass is 337 g/mol. The van der Waals surface area contributed by atoms with Gasteiger partial charge in [-0.05, 0) is 68.2 Å². The Morgan fingerprint density at radius 1 is 1.20 bits per heavy atom. The fourth-order valence-electron chi connectivity index (χ4n) is 3.46. The molecule has 0 spiro atoms. The largest absolute Gasteiger partial charge is 0.480 e. The van der Waals surface area contributed by atoms with Crippen molar-refractivity contribution in [1.29, 1.82) is 0 Å². The lowest BCUT2D eigenvalue weighted by Crippen LogP contribution is -2.50. The van der Waals surface area contributed by atoms with Gasteiger partial charge < -0.3 is 10.4 Å². The molecule has 3 nitrogen and oxygen atoms in total. The second-order valence-corrected chi connectivity index (χ2v) is 7.13. The number of benzene rings is 1. The number of carboxylic acids is 1. The van der Waals surface area contributed by atoms with Crippen LogP contribution >= 0.6 is 15.9 Å². The molecule has 2 atom stereocenters. The average Bonchev–Trinajstić information content (AvgIpc) is 3.26. The molecule has 0 saturated heterocycles. The van der Waals surface area contributed by atoms with Crippen molar-refractivity contribution in [2.75, 3.05) is 5.32 Å². The average molecular weight is 338 g/mol. The van der Waals surface area contributed by atoms with Gasteiger partial charge in [-0.2, -0.15) is 0 Å². The molecule has 4 heteroatoms. The van der Waals surface area contributed by atoms with E-state index in [9.17, 15) is 9.90 Å². The minimum Gasteiger partial charge on any atom is -0.480 e. The van der Waals surface area contributed by atoms with Gasteiger partial charge in [-0.1, -0.05) is 22.4 Å². The van der Waals surface area contributed by atoms with E-state index in [1.807, 2.05) is 24.3 Å². The van der Waals surface area contributed by atoms with Gasteiger partial charge in [-0.25, -0.2) is 4.79 Å². The highest BCUT2D eigenvalue weighted by Crippen LogP contribution is 2.47. The first-order chi connectivity index (χ1) is 9.59. The molecule has 3 rings (SSSR count). The fraction of sp³-hybridized carbons (Fsp3) is 0.562. The van der Waals surface area contributed by atoms with E-state index < -0.39 is 11.5 Å². The zero-order chi connectivity index (χ0) is 14.2. The quantitative estimate of drug-likeness (QED) is 0.861. The van der Waals surface area contributed by atoms with Crippen LogP contribution in [-0.4, -0.2) is 16.6 Å². The summed E-state index contributed by atoms with van der Waals surface area (Å²) in [5, 5.41) is 13.1. The van der Waals surface area contributed by atoms with Gasteiger partial charge in [0.2, 0.25) is 0 Å². The molecule has 2 saturated carbocycles. The van der Waals surface area contributed by atoms with Gasteiger partial charge >= 0.3 is 5.97 Å². The van der Waals surface area contributed by atoms with Crippen molar-refractivity contribution in [2.24, 2.45) is 11.8 Å². The number of hydrogen-bond donors (Lipinski definition) is 2. The van der Waals surface area contributed by atoms with E-state index in [4.69, 9.17) is 0 Å². The lowest BCUT2D eigenvalue weighted by molar-refractivity contribution is -0.144. The zero-order valence-corrected chi connectivity index (χ0v) is 13.0. The third-order valence-electron chi connectivity index (χ3n) is 4.72. The predicted octanol–water partition coefficient (Wildman–Crippen LogP) is 4.28. The number of nitrogens with one attached hydrogen (secondary N) is 1. The first kappa shape index (κ1) is 13.9. The van der Waals surface area contributed by atoms with Crippen LogP contribution in [0.3, 0.4) is 0 Å². The smallest absolute Gasteiger partial charge is 0.329 e. The molecule has 0 aliphatic heterocycles. The topological polar surface area (TPSA) is 49.3 Å². The molecule has 2 fully saturated rings. The Labute approximate surface area is 127 Å². The molecule has 0 amide bonds. The summed E-state index contributed by atoms with van der Waals surface area (Å²) < 4.78 is 1.01. The van der Waals surface area contributed by atoms with Crippen molar-refractivity contribution in [3.63, 3.8) is 0 Å². The van der Waals surface area contributed by atoms with E-state index in [1.165, 1.54) is 19.3 Å². The van der Waals surface area contributed by atoms with Gasteiger partial charge in [0.1, 0.15) is 5.54 Å². The predicted molar refractivity (Wildman–Crippen MR) is 82.8 cm³/mol. The number of halogens is 1. The van der Waals surface area contributed by atoms with Crippen molar-refractivity contribution in [2.45, 2.75) is 44.1 Å². The highest BCUT2D eigenvalue weighted by atomic mass is 79.9. The van der Waals surface area contributed by atoms with Gasteiger partial charge in [-0.3, -0.25) is 0 Å². The van der Waals surface area contributed by atoms with Crippen LogP contribution in [0.15, 0.2) is 28.7 Å². The molecule has 1 aromatic carbocycles. The van der Waals surface area contributed by atoms with Crippen molar-refractivity contribution in [3.8, 4) is 0 Å². The van der Waals surface area contributed by atoms with Gasteiger partial charge in [0.15, 0.2) is 0 Å². The van der Waals surface area contributed by atoms with Crippen molar-refractivity contribution in [1.82, 2.24) is 0 Å². The number of aliphatic carboxylic acids is 1. The molecule has 0 aromatic heterocycles. The van der Waals surface area contributed by atoms with Crippen LogP contribution in [0.5, 0.6) is 0 Å². The van der Waals surface area contributed by atoms with Crippen LogP contribution in [0.1, 0.15) is 38.5 Å². The summed E-state index contributed by atoms with van der Waals surface area (Å²) in [7, 11) is 0. The summed E-state index contributed by atoms with van der Waals surface area (Å²) in [4.78, 5) is 11.9. The summed E-state index contributed by atoms with van der Waals surface area (Å²) in [5.74, 6) is 0.661. The zero-order valence-electron chi connectivity index (χ0n) is 11.4. The minimum absolute atomic E-state index is 0.586. The molecule has 0 bridgehead atoms. The lowest BCUT2D eigenvalue weighted by Gasteiger charge is -2.39. The van der Waals surface area contributed by atoms with Gasteiger partial charge in [0.05, 0.1) is 0 Å². The molecular formula is C16H20BrNO2. The molecular weight excluding hydrogens is 318 g/mol. The third-order valence-corrected chi connectivity index (χ3v) is 5.24. The number of carbonyl (C=O) groups is 1. The second-order valence-electron chi connectivity index (χ2n) is 6.21. The standard InChI is InChI=1S/C16H20BrNO2/c17-13-5-7-14(8-6-13)18-16(15(19)20)9-1-2-12(10-16)11-3-4-11/h5-8,11-12,18H,1-4,9-10H2,(H,19,20). The first-order valence-electron chi connectivity index (χ1n) is 7.36. The van der Waals surface area contributed by atoms with Crippen molar-refractivity contribution in [3.05, 3.63) is 28.7 Å². The first-order valence-corrected chi connectivity index (χ1v) is 8.15. The van der Waals surface area contributed by atoms with Crippen LogP contribution in [0.4, 0.5) is 5.69 Å². The molecule has 0 radical (unpaired) electrons. The van der Waals surface area contributed by atoms with Crippen LogP contribution in [0.25, 0.3) is 0 Å². The molecule has 2 N–H and O–H groups in total. The van der Waals surface area contributed by atoms with Gasteiger partial charge in [0, 0.05) is 10.2 Å². The maximum atomic E-state index is 11.9.